The van der Waals surface area contributed by atoms with Crippen molar-refractivity contribution in [3.05, 3.63) is 23.3 Å². The minimum Gasteiger partial charge on any atom is -0.462 e. The van der Waals surface area contributed by atoms with Crippen LogP contribution in [0.1, 0.15) is 73.6 Å². The van der Waals surface area contributed by atoms with Crippen molar-refractivity contribution in [1.29, 1.82) is 0 Å². The molecule has 5 atom stereocenters. The molecule has 0 aromatic rings. The molecule has 3 aliphatic rings. The summed E-state index contributed by atoms with van der Waals surface area (Å²) in [5.41, 5.74) is 1.82. The first-order valence-corrected chi connectivity index (χ1v) is 11.6. The van der Waals surface area contributed by atoms with E-state index in [2.05, 4.69) is 27.7 Å². The summed E-state index contributed by atoms with van der Waals surface area (Å²) < 4.78 is 16.3. The lowest BCUT2D eigenvalue weighted by Gasteiger charge is -2.62. The van der Waals surface area contributed by atoms with Gasteiger partial charge in [0.25, 0.3) is 0 Å². The predicted molar refractivity (Wildman–Crippen MR) is 120 cm³/mol. The molecule has 0 saturated heterocycles. The Morgan fingerprint density at radius 2 is 1.68 bits per heavy atom. The van der Waals surface area contributed by atoms with Gasteiger partial charge in [-0.2, -0.15) is 0 Å². The molecule has 3 rings (SSSR count). The predicted octanol–water partition coefficient (Wildman–Crippen LogP) is 5.24. The van der Waals surface area contributed by atoms with Crippen molar-refractivity contribution in [2.45, 2.75) is 86.0 Å². The van der Waals surface area contributed by atoms with Crippen LogP contribution in [0.2, 0.25) is 0 Å². The second-order valence-corrected chi connectivity index (χ2v) is 10.9. The molecule has 0 aliphatic heterocycles. The Hall–Kier alpha value is -1.46. The van der Waals surface area contributed by atoms with Gasteiger partial charge in [-0.25, -0.2) is 0 Å². The molecular formula is C26H40O5. The van der Waals surface area contributed by atoms with Gasteiger partial charge in [0.15, 0.2) is 12.1 Å². The molecule has 3 aliphatic carbocycles. The molecule has 0 N–H and O–H groups in total. The van der Waals surface area contributed by atoms with Crippen LogP contribution < -0.4 is 0 Å². The summed E-state index contributed by atoms with van der Waals surface area (Å²) in [4.78, 5) is 25.0. The highest BCUT2D eigenvalue weighted by molar-refractivity contribution is 6.00. The zero-order valence-corrected chi connectivity index (χ0v) is 20.5. The van der Waals surface area contributed by atoms with E-state index in [0.717, 1.165) is 36.8 Å². The summed E-state index contributed by atoms with van der Waals surface area (Å²) in [5, 5.41) is 0. The molecule has 0 unspecified atom stereocenters. The Morgan fingerprint density at radius 3 is 2.26 bits per heavy atom. The highest BCUT2D eigenvalue weighted by atomic mass is 16.7. The van der Waals surface area contributed by atoms with Crippen LogP contribution in [0.4, 0.5) is 0 Å². The van der Waals surface area contributed by atoms with E-state index in [-0.39, 0.29) is 34.1 Å². The van der Waals surface area contributed by atoms with Crippen molar-refractivity contribution >= 4 is 11.8 Å². The third kappa shape index (κ3) is 3.93. The third-order valence-electron chi connectivity index (χ3n) is 8.90. The van der Waals surface area contributed by atoms with E-state index in [9.17, 15) is 9.59 Å². The van der Waals surface area contributed by atoms with Gasteiger partial charge in [-0.1, -0.05) is 33.8 Å². The lowest BCUT2D eigenvalue weighted by atomic mass is 9.43. The van der Waals surface area contributed by atoms with Gasteiger partial charge in [-0.05, 0) is 61.5 Å². The van der Waals surface area contributed by atoms with Crippen LogP contribution in [-0.4, -0.2) is 38.4 Å². The van der Waals surface area contributed by atoms with Gasteiger partial charge in [0, 0.05) is 44.0 Å². The minimum absolute atomic E-state index is 0.0516. The molecule has 0 aromatic carbocycles. The van der Waals surface area contributed by atoms with E-state index >= 15 is 0 Å². The number of rotatable bonds is 5. The van der Waals surface area contributed by atoms with Crippen molar-refractivity contribution in [3.63, 3.8) is 0 Å². The Morgan fingerprint density at radius 1 is 1.03 bits per heavy atom. The number of fused-ring (bicyclic) bond motifs is 3. The maximum atomic E-state index is 13.3. The smallest absolute Gasteiger partial charge is 0.302 e. The fourth-order valence-corrected chi connectivity index (χ4v) is 7.53. The first-order chi connectivity index (χ1) is 14.4. The zero-order valence-electron chi connectivity index (χ0n) is 20.5. The van der Waals surface area contributed by atoms with Crippen LogP contribution in [-0.2, 0) is 23.8 Å². The number of esters is 1. The van der Waals surface area contributed by atoms with Crippen molar-refractivity contribution in [3.8, 4) is 0 Å². The first kappa shape index (κ1) is 24.2. The van der Waals surface area contributed by atoms with E-state index in [4.69, 9.17) is 14.2 Å². The van der Waals surface area contributed by atoms with Crippen LogP contribution in [0.5, 0.6) is 0 Å². The Kier molecular flexibility index (Phi) is 6.61. The van der Waals surface area contributed by atoms with Gasteiger partial charge in [-0.15, -0.1) is 0 Å². The number of methoxy groups -OCH3 is 2. The van der Waals surface area contributed by atoms with E-state index in [1.807, 2.05) is 19.1 Å². The number of carbonyl (C=O) groups excluding carboxylic acids is 2. The quantitative estimate of drug-likeness (QED) is 0.338. The minimum atomic E-state index is -0.415. The van der Waals surface area contributed by atoms with Crippen molar-refractivity contribution < 1.29 is 23.8 Å². The van der Waals surface area contributed by atoms with Gasteiger partial charge < -0.3 is 14.2 Å². The van der Waals surface area contributed by atoms with Gasteiger partial charge >= 0.3 is 5.97 Å². The first-order valence-electron chi connectivity index (χ1n) is 11.6. The van der Waals surface area contributed by atoms with E-state index in [1.54, 1.807) is 14.2 Å². The summed E-state index contributed by atoms with van der Waals surface area (Å²) in [7, 11) is 3.21. The number of carbonyl (C=O) groups is 2. The summed E-state index contributed by atoms with van der Waals surface area (Å²) in [5.74, 6) is 0.813. The van der Waals surface area contributed by atoms with E-state index in [0.29, 0.717) is 18.3 Å². The molecule has 0 radical (unpaired) electrons. The van der Waals surface area contributed by atoms with E-state index in [1.165, 1.54) is 6.92 Å². The normalized spacial score (nSPS) is 38.9. The van der Waals surface area contributed by atoms with Crippen molar-refractivity contribution in [2.75, 3.05) is 14.2 Å². The number of hydrogen-bond donors (Lipinski definition) is 0. The number of ketones is 1. The maximum Gasteiger partial charge on any atom is 0.302 e. The highest BCUT2D eigenvalue weighted by Gasteiger charge is 2.65. The fourth-order valence-electron chi connectivity index (χ4n) is 7.53. The molecule has 5 heteroatoms. The molecule has 174 valence electrons. The van der Waals surface area contributed by atoms with E-state index < -0.39 is 6.29 Å². The lowest BCUT2D eigenvalue weighted by molar-refractivity contribution is -0.185. The number of Topliss-reactive ketones (excluding diaryl/α,β-unsaturated/α-hetero) is 1. The van der Waals surface area contributed by atoms with Crippen LogP contribution in [0.25, 0.3) is 0 Å². The molecule has 5 nitrogen and oxygen atoms in total. The highest BCUT2D eigenvalue weighted by Crippen LogP contribution is 2.69. The zero-order chi connectivity index (χ0) is 23.2. The molecule has 3 fully saturated rings. The van der Waals surface area contributed by atoms with Gasteiger partial charge in [0.05, 0.1) is 0 Å². The summed E-state index contributed by atoms with van der Waals surface area (Å²) >= 11 is 0. The van der Waals surface area contributed by atoms with Gasteiger partial charge in [0.1, 0.15) is 6.10 Å². The van der Waals surface area contributed by atoms with Crippen LogP contribution in [0.3, 0.4) is 0 Å². The SMILES string of the molecule is COC(/C=C/C(C)=C1\C(=O)C[C@H]2[C@@]3(C)CC[C@H](OC(C)=O)C(C)(C)[C@@H]3CC[C@]12C)OC. The topological polar surface area (TPSA) is 61.8 Å². The van der Waals surface area contributed by atoms with Gasteiger partial charge in [-0.3, -0.25) is 9.59 Å². The van der Waals surface area contributed by atoms with Crippen LogP contribution in [0, 0.1) is 28.1 Å². The largest absolute Gasteiger partial charge is 0.462 e. The molecule has 0 spiro atoms. The number of ether oxygens (including phenoxy) is 3. The Labute approximate surface area is 187 Å². The Balaban J connectivity index is 1.96. The number of hydrogen-bond acceptors (Lipinski definition) is 5. The standard InChI is InChI=1S/C26H40O5/c1-16(9-10-22(29-7)30-8)23-18(28)15-20-25(5)14-12-21(31-17(2)27)24(3,4)19(25)11-13-26(20,23)6/h9-10,19-22H,11-15H2,1-8H3/b10-9+,23-16+/t19-,20-,21-,25-,26-/m0/s1. The second-order valence-electron chi connectivity index (χ2n) is 10.9. The molecule has 3 saturated carbocycles. The second kappa shape index (κ2) is 8.47. The molecule has 0 bridgehead atoms. The average molecular weight is 433 g/mol. The molecule has 0 aromatic heterocycles. The summed E-state index contributed by atoms with van der Waals surface area (Å²) in [6, 6.07) is 0. The van der Waals surface area contributed by atoms with Crippen molar-refractivity contribution in [2.24, 2.45) is 28.1 Å². The van der Waals surface area contributed by atoms with Crippen LogP contribution in [0.15, 0.2) is 23.3 Å². The van der Waals surface area contributed by atoms with Crippen LogP contribution >= 0.6 is 0 Å². The summed E-state index contributed by atoms with van der Waals surface area (Å²) in [6.07, 6.45) is 7.87. The lowest BCUT2D eigenvalue weighted by Crippen LogP contribution is -2.58. The monoisotopic (exact) mass is 432 g/mol. The van der Waals surface area contributed by atoms with Crippen molar-refractivity contribution in [1.82, 2.24) is 0 Å². The average Bonchev–Trinajstić information content (AvgIpc) is 2.96. The molecule has 0 heterocycles. The Bertz CT molecular complexity index is 790. The number of allylic oxidation sites excluding steroid dienone is 3. The third-order valence-corrected chi connectivity index (χ3v) is 8.90. The molecular weight excluding hydrogens is 392 g/mol. The summed E-state index contributed by atoms with van der Waals surface area (Å²) in [6.45, 7) is 12.7. The van der Waals surface area contributed by atoms with Gasteiger partial charge in [0.2, 0.25) is 0 Å². The molecule has 31 heavy (non-hydrogen) atoms. The fraction of sp³-hybridized carbons (Fsp3) is 0.769. The maximum absolute atomic E-state index is 13.3. The molecule has 0 amide bonds.